The summed E-state index contributed by atoms with van der Waals surface area (Å²) in [7, 11) is 1.20. The maximum absolute atomic E-state index is 12.4. The second-order valence-electron chi connectivity index (χ2n) is 6.94. The van der Waals surface area contributed by atoms with Crippen molar-refractivity contribution in [2.75, 3.05) is 24.1 Å². The first-order valence-corrected chi connectivity index (χ1v) is 9.92. The number of hydrogen-bond acceptors (Lipinski definition) is 10. The fourth-order valence-corrected chi connectivity index (χ4v) is 2.89. The number of methoxy groups -OCH3 is 1. The van der Waals surface area contributed by atoms with Crippen LogP contribution in [0.2, 0.25) is 0 Å². The van der Waals surface area contributed by atoms with Crippen molar-refractivity contribution in [3.63, 3.8) is 0 Å². The summed E-state index contributed by atoms with van der Waals surface area (Å²) in [5, 5.41) is 43.9. The standard InChI is InChI=1S/C21H24N4O8/c1-33-21(28)18(23-20(27)15-7-11-17(12-8-15)25(31)32)4-2-3-13-22-19(26)14-5-9-16(10-6-14)24(29)30/h5-12,18,29,31H,2-4,13H2,1H3,(H,22,26)(H,23,27)/q-2/t18-/m1/s1. The van der Waals surface area contributed by atoms with Crippen LogP contribution in [0.3, 0.4) is 0 Å². The average molecular weight is 460 g/mol. The number of esters is 1. The quantitative estimate of drug-likeness (QED) is 0.220. The van der Waals surface area contributed by atoms with Crippen LogP contribution in [0.15, 0.2) is 48.5 Å². The topological polar surface area (TPSA) is 178 Å². The number of anilines is 2. The zero-order chi connectivity index (χ0) is 24.4. The molecular formula is C21H24N4O8-2. The van der Waals surface area contributed by atoms with E-state index in [2.05, 4.69) is 10.6 Å². The number of ether oxygens (including phenoxy) is 1. The Balaban J connectivity index is 1.81. The summed E-state index contributed by atoms with van der Waals surface area (Å²) in [4.78, 5) is 36.5. The van der Waals surface area contributed by atoms with Gasteiger partial charge in [0.25, 0.3) is 11.8 Å². The highest BCUT2D eigenvalue weighted by Gasteiger charge is 2.21. The molecule has 1 atom stereocenters. The van der Waals surface area contributed by atoms with Crippen LogP contribution >= 0.6 is 0 Å². The third kappa shape index (κ3) is 7.73. The molecule has 0 unspecified atom stereocenters. The molecule has 0 heterocycles. The molecule has 0 saturated carbocycles. The van der Waals surface area contributed by atoms with Crippen molar-refractivity contribution in [3.8, 4) is 0 Å². The Labute approximate surface area is 189 Å². The van der Waals surface area contributed by atoms with Crippen LogP contribution < -0.4 is 21.1 Å². The lowest BCUT2D eigenvalue weighted by atomic mass is 10.1. The van der Waals surface area contributed by atoms with Crippen LogP contribution in [0.25, 0.3) is 0 Å². The zero-order valence-electron chi connectivity index (χ0n) is 17.8. The molecule has 178 valence electrons. The minimum atomic E-state index is -0.909. The molecule has 12 heteroatoms. The van der Waals surface area contributed by atoms with Crippen LogP contribution in [-0.4, -0.2) is 47.9 Å². The number of rotatable bonds is 11. The zero-order valence-corrected chi connectivity index (χ0v) is 17.8. The van der Waals surface area contributed by atoms with E-state index in [1.807, 2.05) is 0 Å². The maximum atomic E-state index is 12.4. The van der Waals surface area contributed by atoms with E-state index in [0.717, 1.165) is 0 Å². The normalized spacial score (nSPS) is 11.3. The Morgan fingerprint density at radius 2 is 1.36 bits per heavy atom. The molecule has 0 spiro atoms. The molecule has 4 N–H and O–H groups in total. The molecule has 0 aliphatic heterocycles. The number of hydrogen-bond donors (Lipinski definition) is 4. The molecule has 0 fully saturated rings. The number of carbonyl (C=O) groups is 3. The van der Waals surface area contributed by atoms with E-state index in [0.29, 0.717) is 24.9 Å². The van der Waals surface area contributed by atoms with E-state index in [1.54, 1.807) is 0 Å². The molecule has 2 amide bonds. The van der Waals surface area contributed by atoms with Gasteiger partial charge in [0.1, 0.15) is 6.04 Å². The summed E-state index contributed by atoms with van der Waals surface area (Å²) < 4.78 is 4.73. The fourth-order valence-electron chi connectivity index (χ4n) is 2.89. The van der Waals surface area contributed by atoms with Gasteiger partial charge < -0.3 is 36.2 Å². The Hall–Kier alpha value is -3.71. The first-order valence-electron chi connectivity index (χ1n) is 9.92. The Morgan fingerprint density at radius 1 is 0.879 bits per heavy atom. The summed E-state index contributed by atoms with van der Waals surface area (Å²) in [6.45, 7) is 0.310. The van der Waals surface area contributed by atoms with E-state index in [9.17, 15) is 24.8 Å². The minimum absolute atomic E-state index is 0.000771. The van der Waals surface area contributed by atoms with Gasteiger partial charge in [-0.15, -0.1) is 0 Å². The molecular weight excluding hydrogens is 436 g/mol. The van der Waals surface area contributed by atoms with Gasteiger partial charge >= 0.3 is 5.97 Å². The Morgan fingerprint density at radius 3 is 1.82 bits per heavy atom. The summed E-state index contributed by atoms with van der Waals surface area (Å²) >= 11 is 0. The molecule has 0 radical (unpaired) electrons. The van der Waals surface area contributed by atoms with Crippen LogP contribution in [0.4, 0.5) is 11.4 Å². The van der Waals surface area contributed by atoms with Crippen molar-refractivity contribution in [2.45, 2.75) is 25.3 Å². The lowest BCUT2D eigenvalue weighted by Crippen LogP contribution is -2.41. The van der Waals surface area contributed by atoms with Crippen LogP contribution in [-0.2, 0) is 9.53 Å². The van der Waals surface area contributed by atoms with Crippen LogP contribution in [0.1, 0.15) is 40.0 Å². The molecule has 0 bridgehead atoms. The average Bonchev–Trinajstić information content (AvgIpc) is 2.82. The molecule has 0 aromatic heterocycles. The highest BCUT2D eigenvalue weighted by molar-refractivity contribution is 5.97. The van der Waals surface area contributed by atoms with Gasteiger partial charge in [0.2, 0.25) is 0 Å². The van der Waals surface area contributed by atoms with Crippen LogP contribution in [0, 0.1) is 10.4 Å². The van der Waals surface area contributed by atoms with Gasteiger partial charge in [-0.25, -0.2) is 4.79 Å². The number of amides is 2. The van der Waals surface area contributed by atoms with E-state index in [1.165, 1.54) is 55.6 Å². The van der Waals surface area contributed by atoms with E-state index in [4.69, 9.17) is 15.2 Å². The fraction of sp³-hybridized carbons (Fsp3) is 0.286. The van der Waals surface area contributed by atoms with Crippen molar-refractivity contribution in [1.29, 1.82) is 0 Å². The highest BCUT2D eigenvalue weighted by Crippen LogP contribution is 2.14. The monoisotopic (exact) mass is 460 g/mol. The smallest absolute Gasteiger partial charge is 0.328 e. The molecule has 0 aliphatic rings. The van der Waals surface area contributed by atoms with Gasteiger partial charge in [0, 0.05) is 17.7 Å². The first-order chi connectivity index (χ1) is 15.7. The number of nitrogens with one attached hydrogen (secondary N) is 2. The van der Waals surface area contributed by atoms with Gasteiger partial charge in [-0.05, 0) is 67.8 Å². The van der Waals surface area contributed by atoms with E-state index in [-0.39, 0.29) is 39.7 Å². The summed E-state index contributed by atoms with van der Waals surface area (Å²) in [5.74, 6) is -1.54. The lowest BCUT2D eigenvalue weighted by molar-refractivity contribution is -0.143. The van der Waals surface area contributed by atoms with Crippen molar-refractivity contribution >= 4 is 29.2 Å². The molecule has 0 saturated heterocycles. The second-order valence-corrected chi connectivity index (χ2v) is 6.94. The SMILES string of the molecule is COC(=O)[C@@H](CCCCNC(=O)c1ccc(N([O-])O)cc1)NC(=O)c1ccc(N([O-])O)cc1. The Kier molecular flexibility index (Phi) is 9.57. The summed E-state index contributed by atoms with van der Waals surface area (Å²) in [6.07, 6.45) is 1.27. The predicted molar refractivity (Wildman–Crippen MR) is 118 cm³/mol. The number of carbonyl (C=O) groups excluding carboxylic acids is 3. The van der Waals surface area contributed by atoms with Crippen molar-refractivity contribution < 1.29 is 29.5 Å². The molecule has 2 rings (SSSR count). The van der Waals surface area contributed by atoms with Gasteiger partial charge in [0.05, 0.1) is 18.5 Å². The minimum Gasteiger partial charge on any atom is -0.733 e. The number of nitrogens with zero attached hydrogens (tertiary/aromatic N) is 2. The second kappa shape index (κ2) is 12.4. The van der Waals surface area contributed by atoms with Gasteiger partial charge in [-0.1, -0.05) is 0 Å². The Bertz CT molecular complexity index is 932. The first kappa shape index (κ1) is 25.5. The summed E-state index contributed by atoms with van der Waals surface area (Å²) in [5.41, 5.74) is 0.454. The van der Waals surface area contributed by atoms with Gasteiger partial charge in [-0.3, -0.25) is 20.0 Å². The third-order valence-electron chi connectivity index (χ3n) is 4.70. The molecule has 2 aromatic carbocycles. The van der Waals surface area contributed by atoms with E-state index >= 15 is 0 Å². The highest BCUT2D eigenvalue weighted by atomic mass is 16.8. The van der Waals surface area contributed by atoms with E-state index < -0.39 is 17.9 Å². The molecule has 0 aliphatic carbocycles. The number of unbranched alkanes of at least 4 members (excludes halogenated alkanes) is 1. The van der Waals surface area contributed by atoms with Gasteiger partial charge in [-0.2, -0.15) is 0 Å². The van der Waals surface area contributed by atoms with Crippen molar-refractivity contribution in [1.82, 2.24) is 10.6 Å². The van der Waals surface area contributed by atoms with Crippen LogP contribution in [0.5, 0.6) is 0 Å². The largest absolute Gasteiger partial charge is 0.733 e. The lowest BCUT2D eigenvalue weighted by Gasteiger charge is -2.21. The molecule has 33 heavy (non-hydrogen) atoms. The van der Waals surface area contributed by atoms with Crippen molar-refractivity contribution in [3.05, 3.63) is 70.1 Å². The molecule has 12 nitrogen and oxygen atoms in total. The van der Waals surface area contributed by atoms with Gasteiger partial charge in [0.15, 0.2) is 0 Å². The number of benzene rings is 2. The van der Waals surface area contributed by atoms with Crippen molar-refractivity contribution in [2.24, 2.45) is 0 Å². The summed E-state index contributed by atoms with van der Waals surface area (Å²) in [6, 6.07) is 9.67. The predicted octanol–water partition coefficient (Wildman–Crippen LogP) is 1.95. The third-order valence-corrected chi connectivity index (χ3v) is 4.70. The maximum Gasteiger partial charge on any atom is 0.328 e. The molecule has 2 aromatic rings.